The van der Waals surface area contributed by atoms with Gasteiger partial charge in [-0.1, -0.05) is 11.6 Å². The summed E-state index contributed by atoms with van der Waals surface area (Å²) in [6.07, 6.45) is 0.608. The normalized spacial score (nSPS) is 20.4. The molecule has 92 valence electrons. The van der Waals surface area contributed by atoms with Crippen LogP contribution in [0.1, 0.15) is 10.4 Å². The summed E-state index contributed by atoms with van der Waals surface area (Å²) in [4.78, 5) is 13.0. The minimum Gasteiger partial charge on any atom is -0.394 e. The van der Waals surface area contributed by atoms with Crippen molar-refractivity contribution in [2.75, 3.05) is 31.2 Å². The Labute approximate surface area is 105 Å². The summed E-state index contributed by atoms with van der Waals surface area (Å²) < 4.78 is 5.37. The maximum Gasteiger partial charge on any atom is 0.152 e. The van der Waals surface area contributed by atoms with E-state index >= 15 is 0 Å². The highest BCUT2D eigenvalue weighted by Crippen LogP contribution is 2.25. The number of ether oxygens (including phenoxy) is 1. The van der Waals surface area contributed by atoms with Gasteiger partial charge in [0.15, 0.2) is 6.29 Å². The fourth-order valence-corrected chi connectivity index (χ4v) is 2.11. The van der Waals surface area contributed by atoms with Crippen LogP contribution in [0.5, 0.6) is 0 Å². The molecule has 2 rings (SSSR count). The first kappa shape index (κ1) is 12.4. The zero-order chi connectivity index (χ0) is 12.3. The molecule has 5 heteroatoms. The number of hydrogen-bond donors (Lipinski definition) is 1. The van der Waals surface area contributed by atoms with Gasteiger partial charge in [0.05, 0.1) is 19.3 Å². The van der Waals surface area contributed by atoms with E-state index in [0.29, 0.717) is 30.3 Å². The van der Waals surface area contributed by atoms with Gasteiger partial charge in [0.25, 0.3) is 0 Å². The molecule has 1 aromatic carbocycles. The zero-order valence-electron chi connectivity index (χ0n) is 9.30. The molecule has 0 radical (unpaired) electrons. The molecule has 1 fully saturated rings. The molecule has 1 atom stereocenters. The third-order valence-corrected chi connectivity index (χ3v) is 3.04. The number of morpholine rings is 1. The van der Waals surface area contributed by atoms with E-state index in [4.69, 9.17) is 21.4 Å². The van der Waals surface area contributed by atoms with Crippen LogP contribution < -0.4 is 4.90 Å². The predicted molar refractivity (Wildman–Crippen MR) is 65.9 cm³/mol. The van der Waals surface area contributed by atoms with Gasteiger partial charge < -0.3 is 14.7 Å². The predicted octanol–water partition coefficient (Wildman–Crippen LogP) is 1.35. The van der Waals surface area contributed by atoms with Crippen molar-refractivity contribution in [1.29, 1.82) is 0 Å². The molecular weight excluding hydrogens is 242 g/mol. The summed E-state index contributed by atoms with van der Waals surface area (Å²) in [7, 11) is 0. The SMILES string of the molecule is O=Cc1ccc(Cl)cc1N1CCOC(CO)C1. The van der Waals surface area contributed by atoms with Gasteiger partial charge >= 0.3 is 0 Å². The molecular formula is C12H14ClNO3. The molecule has 0 bridgehead atoms. The minimum absolute atomic E-state index is 0.0203. The fourth-order valence-electron chi connectivity index (χ4n) is 1.94. The van der Waals surface area contributed by atoms with Crippen molar-refractivity contribution >= 4 is 23.6 Å². The molecule has 1 unspecified atom stereocenters. The molecule has 0 saturated carbocycles. The topological polar surface area (TPSA) is 49.8 Å². The molecule has 0 aliphatic carbocycles. The zero-order valence-corrected chi connectivity index (χ0v) is 10.1. The summed E-state index contributed by atoms with van der Waals surface area (Å²) in [5, 5.41) is 9.68. The van der Waals surface area contributed by atoms with Crippen molar-refractivity contribution in [3.05, 3.63) is 28.8 Å². The maximum absolute atomic E-state index is 11.0. The molecule has 0 amide bonds. The third-order valence-electron chi connectivity index (χ3n) is 2.80. The van der Waals surface area contributed by atoms with Gasteiger partial charge in [-0.05, 0) is 18.2 Å². The molecule has 1 aliphatic heterocycles. The molecule has 17 heavy (non-hydrogen) atoms. The average molecular weight is 256 g/mol. The second kappa shape index (κ2) is 5.49. The van der Waals surface area contributed by atoms with E-state index in [-0.39, 0.29) is 12.7 Å². The first-order valence-electron chi connectivity index (χ1n) is 5.46. The van der Waals surface area contributed by atoms with Gasteiger partial charge in [0, 0.05) is 29.4 Å². The van der Waals surface area contributed by atoms with E-state index in [1.54, 1.807) is 18.2 Å². The van der Waals surface area contributed by atoms with Crippen molar-refractivity contribution in [2.24, 2.45) is 0 Å². The molecule has 4 nitrogen and oxygen atoms in total. The number of anilines is 1. The Morgan fingerprint density at radius 3 is 3.12 bits per heavy atom. The van der Waals surface area contributed by atoms with Crippen LogP contribution in [0.2, 0.25) is 5.02 Å². The second-order valence-electron chi connectivity index (χ2n) is 3.94. The van der Waals surface area contributed by atoms with Crippen molar-refractivity contribution in [3.63, 3.8) is 0 Å². The first-order valence-corrected chi connectivity index (χ1v) is 5.84. The first-order chi connectivity index (χ1) is 8.24. The Morgan fingerprint density at radius 2 is 2.41 bits per heavy atom. The van der Waals surface area contributed by atoms with Gasteiger partial charge in [-0.3, -0.25) is 4.79 Å². The van der Waals surface area contributed by atoms with Crippen LogP contribution in [0, 0.1) is 0 Å². The molecule has 0 aromatic heterocycles. The Morgan fingerprint density at radius 1 is 1.59 bits per heavy atom. The number of hydrogen-bond acceptors (Lipinski definition) is 4. The van der Waals surface area contributed by atoms with Crippen molar-refractivity contribution in [2.45, 2.75) is 6.10 Å². The Kier molecular flexibility index (Phi) is 3.99. The van der Waals surface area contributed by atoms with Crippen LogP contribution in [0.15, 0.2) is 18.2 Å². The van der Waals surface area contributed by atoms with E-state index in [1.807, 2.05) is 4.90 Å². The third kappa shape index (κ3) is 2.77. The number of nitrogens with zero attached hydrogens (tertiary/aromatic N) is 1. The van der Waals surface area contributed by atoms with Gasteiger partial charge in [0.1, 0.15) is 0 Å². The molecule has 1 N–H and O–H groups in total. The standard InChI is InChI=1S/C12H14ClNO3/c13-10-2-1-9(7-15)12(5-10)14-3-4-17-11(6-14)8-16/h1-2,5,7,11,16H,3-4,6,8H2. The summed E-state index contributed by atoms with van der Waals surface area (Å²) in [5.74, 6) is 0. The van der Waals surface area contributed by atoms with Crippen molar-refractivity contribution < 1.29 is 14.6 Å². The molecule has 1 heterocycles. The van der Waals surface area contributed by atoms with E-state index < -0.39 is 0 Å². The van der Waals surface area contributed by atoms with E-state index in [0.717, 1.165) is 12.0 Å². The monoisotopic (exact) mass is 255 g/mol. The maximum atomic E-state index is 11.0. The largest absolute Gasteiger partial charge is 0.394 e. The summed E-state index contributed by atoms with van der Waals surface area (Å²) in [6.45, 7) is 1.78. The van der Waals surface area contributed by atoms with Crippen LogP contribution in [-0.2, 0) is 4.74 Å². The Hall–Kier alpha value is -1.10. The quantitative estimate of drug-likeness (QED) is 0.829. The number of benzene rings is 1. The van der Waals surface area contributed by atoms with Gasteiger partial charge in [-0.2, -0.15) is 0 Å². The number of carbonyl (C=O) groups excluding carboxylic acids is 1. The number of carbonyl (C=O) groups is 1. The van der Waals surface area contributed by atoms with Gasteiger partial charge in [0.2, 0.25) is 0 Å². The lowest BCUT2D eigenvalue weighted by molar-refractivity contribution is 0.00354. The lowest BCUT2D eigenvalue weighted by atomic mass is 10.1. The molecule has 1 saturated heterocycles. The Balaban J connectivity index is 2.25. The smallest absolute Gasteiger partial charge is 0.152 e. The number of aliphatic hydroxyl groups is 1. The lowest BCUT2D eigenvalue weighted by Crippen LogP contribution is -2.44. The minimum atomic E-state index is -0.206. The summed E-state index contributed by atoms with van der Waals surface area (Å²) in [6, 6.07) is 5.16. The highest BCUT2D eigenvalue weighted by molar-refractivity contribution is 6.31. The van der Waals surface area contributed by atoms with Crippen LogP contribution in [0.25, 0.3) is 0 Å². The second-order valence-corrected chi connectivity index (χ2v) is 4.38. The highest BCUT2D eigenvalue weighted by atomic mass is 35.5. The van der Waals surface area contributed by atoms with Gasteiger partial charge in [-0.25, -0.2) is 0 Å². The lowest BCUT2D eigenvalue weighted by Gasteiger charge is -2.34. The Bertz CT molecular complexity index is 411. The van der Waals surface area contributed by atoms with Crippen LogP contribution in [0.4, 0.5) is 5.69 Å². The number of aldehydes is 1. The van der Waals surface area contributed by atoms with Crippen molar-refractivity contribution in [3.8, 4) is 0 Å². The summed E-state index contributed by atoms with van der Waals surface area (Å²) >= 11 is 5.94. The fraction of sp³-hybridized carbons (Fsp3) is 0.417. The number of aliphatic hydroxyl groups excluding tert-OH is 1. The average Bonchev–Trinajstić information content (AvgIpc) is 2.39. The van der Waals surface area contributed by atoms with Gasteiger partial charge in [-0.15, -0.1) is 0 Å². The van der Waals surface area contributed by atoms with Crippen LogP contribution in [0.3, 0.4) is 0 Å². The van der Waals surface area contributed by atoms with E-state index in [2.05, 4.69) is 0 Å². The van der Waals surface area contributed by atoms with E-state index in [1.165, 1.54) is 0 Å². The highest BCUT2D eigenvalue weighted by Gasteiger charge is 2.21. The van der Waals surface area contributed by atoms with Crippen molar-refractivity contribution in [1.82, 2.24) is 0 Å². The van der Waals surface area contributed by atoms with Crippen LogP contribution in [-0.4, -0.2) is 43.8 Å². The number of halogens is 1. The molecule has 0 spiro atoms. The molecule has 1 aromatic rings. The van der Waals surface area contributed by atoms with Crippen LogP contribution >= 0.6 is 11.6 Å². The van der Waals surface area contributed by atoms with E-state index in [9.17, 15) is 4.79 Å². The number of rotatable bonds is 3. The summed E-state index contributed by atoms with van der Waals surface area (Å²) in [5.41, 5.74) is 1.40. The molecule has 1 aliphatic rings.